The second-order valence-electron chi connectivity index (χ2n) is 4.07. The summed E-state index contributed by atoms with van der Waals surface area (Å²) in [5, 5.41) is 9.21. The van der Waals surface area contributed by atoms with Gasteiger partial charge in [-0.3, -0.25) is 0 Å². The van der Waals surface area contributed by atoms with Crippen molar-refractivity contribution in [2.24, 2.45) is 0 Å². The van der Waals surface area contributed by atoms with Crippen molar-refractivity contribution in [3.8, 4) is 11.5 Å². The monoisotopic (exact) mass is 271 g/mol. The van der Waals surface area contributed by atoms with Gasteiger partial charge in [-0.05, 0) is 23.6 Å². The van der Waals surface area contributed by atoms with E-state index in [9.17, 15) is 0 Å². The minimum Gasteiger partial charge on any atom is -0.387 e. The summed E-state index contributed by atoms with van der Waals surface area (Å²) >= 11 is 1.70. The molecule has 1 aromatic carbocycles. The topological polar surface area (TPSA) is 51.0 Å². The third kappa shape index (κ3) is 2.51. The van der Waals surface area contributed by atoms with Crippen molar-refractivity contribution in [2.45, 2.75) is 6.42 Å². The van der Waals surface area contributed by atoms with Crippen LogP contribution in [-0.2, 0) is 6.42 Å². The number of hydrogen-bond donors (Lipinski definition) is 1. The molecule has 3 aromatic rings. The van der Waals surface area contributed by atoms with Crippen molar-refractivity contribution in [3.05, 3.63) is 52.5 Å². The first-order valence-electron chi connectivity index (χ1n) is 5.99. The summed E-state index contributed by atoms with van der Waals surface area (Å²) in [7, 11) is 1.88. The molecule has 96 valence electrons. The predicted molar refractivity (Wildman–Crippen MR) is 76.4 cm³/mol. The van der Waals surface area contributed by atoms with Crippen LogP contribution in [-0.4, -0.2) is 17.2 Å². The summed E-state index contributed by atoms with van der Waals surface area (Å²) in [4.78, 5) is 5.68. The van der Waals surface area contributed by atoms with Gasteiger partial charge in [-0.1, -0.05) is 23.4 Å². The average molecular weight is 271 g/mol. The minimum absolute atomic E-state index is 0.552. The van der Waals surface area contributed by atoms with Crippen LogP contribution in [0.5, 0.6) is 0 Å². The molecule has 0 aliphatic heterocycles. The van der Waals surface area contributed by atoms with Crippen LogP contribution in [0.1, 0.15) is 10.7 Å². The van der Waals surface area contributed by atoms with Gasteiger partial charge in [-0.2, -0.15) is 4.98 Å². The molecule has 0 fully saturated rings. The van der Waals surface area contributed by atoms with Crippen LogP contribution >= 0.6 is 11.3 Å². The molecular formula is C14H13N3OS. The molecule has 2 aromatic heterocycles. The first-order chi connectivity index (χ1) is 9.36. The first kappa shape index (κ1) is 11.9. The van der Waals surface area contributed by atoms with Gasteiger partial charge in [-0.25, -0.2) is 0 Å². The molecule has 0 saturated heterocycles. The highest BCUT2D eigenvalue weighted by atomic mass is 32.1. The fourth-order valence-corrected chi connectivity index (χ4v) is 2.59. The van der Waals surface area contributed by atoms with Gasteiger partial charge in [0, 0.05) is 24.0 Å². The second kappa shape index (κ2) is 5.24. The number of rotatable bonds is 4. The van der Waals surface area contributed by atoms with Crippen molar-refractivity contribution in [1.29, 1.82) is 0 Å². The number of para-hydroxylation sites is 1. The van der Waals surface area contributed by atoms with Crippen molar-refractivity contribution >= 4 is 17.0 Å². The van der Waals surface area contributed by atoms with Gasteiger partial charge >= 0.3 is 0 Å². The highest BCUT2D eigenvalue weighted by Crippen LogP contribution is 2.26. The number of thiophene rings is 1. The minimum atomic E-state index is 0.552. The van der Waals surface area contributed by atoms with Crippen molar-refractivity contribution in [1.82, 2.24) is 10.1 Å². The highest BCUT2D eigenvalue weighted by molar-refractivity contribution is 7.09. The predicted octanol–water partition coefficient (Wildman–Crippen LogP) is 3.43. The van der Waals surface area contributed by atoms with Crippen LogP contribution in [0, 0.1) is 0 Å². The van der Waals surface area contributed by atoms with Gasteiger partial charge in [0.2, 0.25) is 0 Å². The molecule has 1 N–H and O–H groups in total. The van der Waals surface area contributed by atoms with Crippen LogP contribution in [0.15, 0.2) is 46.3 Å². The number of nitrogens with one attached hydrogen (secondary N) is 1. The molecule has 0 saturated carbocycles. The molecule has 0 aliphatic rings. The molecule has 3 rings (SSSR count). The number of hydrogen-bond acceptors (Lipinski definition) is 5. The molecule has 0 radical (unpaired) electrons. The fraction of sp³-hybridized carbons (Fsp3) is 0.143. The zero-order chi connectivity index (χ0) is 13.1. The quantitative estimate of drug-likeness (QED) is 0.790. The SMILES string of the molecule is CNc1ccccc1-c1nc(Cc2cccs2)no1. The molecule has 0 aliphatic carbocycles. The molecular weight excluding hydrogens is 258 g/mol. The lowest BCUT2D eigenvalue weighted by Crippen LogP contribution is -1.92. The van der Waals surface area contributed by atoms with E-state index < -0.39 is 0 Å². The molecule has 0 amide bonds. The van der Waals surface area contributed by atoms with Gasteiger partial charge in [-0.15, -0.1) is 11.3 Å². The van der Waals surface area contributed by atoms with Crippen LogP contribution in [0.3, 0.4) is 0 Å². The largest absolute Gasteiger partial charge is 0.387 e. The molecule has 5 heteroatoms. The van der Waals surface area contributed by atoms with Crippen molar-refractivity contribution in [3.63, 3.8) is 0 Å². The highest BCUT2D eigenvalue weighted by Gasteiger charge is 2.12. The van der Waals surface area contributed by atoms with Crippen molar-refractivity contribution in [2.75, 3.05) is 12.4 Å². The Morgan fingerprint density at radius 1 is 1.21 bits per heavy atom. The van der Waals surface area contributed by atoms with Gasteiger partial charge in [0.1, 0.15) is 0 Å². The molecule has 0 spiro atoms. The van der Waals surface area contributed by atoms with Gasteiger partial charge in [0.05, 0.1) is 5.56 Å². The van der Waals surface area contributed by atoms with Gasteiger partial charge in [0.15, 0.2) is 5.82 Å². The molecule has 0 unspecified atom stereocenters. The third-order valence-corrected chi connectivity index (χ3v) is 3.68. The smallest absolute Gasteiger partial charge is 0.260 e. The van der Waals surface area contributed by atoms with Crippen LogP contribution in [0.25, 0.3) is 11.5 Å². The maximum Gasteiger partial charge on any atom is 0.260 e. The van der Waals surface area contributed by atoms with E-state index in [1.807, 2.05) is 42.8 Å². The Balaban J connectivity index is 1.88. The van der Waals surface area contributed by atoms with E-state index in [4.69, 9.17) is 4.52 Å². The summed E-state index contributed by atoms with van der Waals surface area (Å²) in [5.41, 5.74) is 1.91. The molecule has 19 heavy (non-hydrogen) atoms. The molecule has 4 nitrogen and oxygen atoms in total. The van der Waals surface area contributed by atoms with Gasteiger partial charge < -0.3 is 9.84 Å². The zero-order valence-electron chi connectivity index (χ0n) is 10.5. The third-order valence-electron chi connectivity index (χ3n) is 2.81. The van der Waals surface area contributed by atoms with E-state index in [-0.39, 0.29) is 0 Å². The first-order valence-corrected chi connectivity index (χ1v) is 6.87. The Bertz CT molecular complexity index is 661. The van der Waals surface area contributed by atoms with E-state index in [1.165, 1.54) is 4.88 Å². The Morgan fingerprint density at radius 3 is 2.89 bits per heavy atom. The lowest BCUT2D eigenvalue weighted by atomic mass is 10.2. The summed E-state index contributed by atoms with van der Waals surface area (Å²) < 4.78 is 5.35. The lowest BCUT2D eigenvalue weighted by Gasteiger charge is -2.03. The number of aromatic nitrogens is 2. The molecule has 2 heterocycles. The lowest BCUT2D eigenvalue weighted by molar-refractivity contribution is 0.424. The Kier molecular flexibility index (Phi) is 3.29. The average Bonchev–Trinajstić information content (AvgIpc) is 3.11. The Hall–Kier alpha value is -2.14. The van der Waals surface area contributed by atoms with E-state index in [0.29, 0.717) is 18.1 Å². The van der Waals surface area contributed by atoms with Crippen molar-refractivity contribution < 1.29 is 4.52 Å². The maximum atomic E-state index is 5.35. The summed E-state index contributed by atoms with van der Waals surface area (Å²) in [6.07, 6.45) is 0.711. The van der Waals surface area contributed by atoms with E-state index in [2.05, 4.69) is 21.5 Å². The van der Waals surface area contributed by atoms with Gasteiger partial charge in [0.25, 0.3) is 5.89 Å². The number of benzene rings is 1. The van der Waals surface area contributed by atoms with Crippen LogP contribution in [0.2, 0.25) is 0 Å². The summed E-state index contributed by atoms with van der Waals surface area (Å²) in [5.74, 6) is 1.26. The van der Waals surface area contributed by atoms with E-state index in [1.54, 1.807) is 11.3 Å². The second-order valence-corrected chi connectivity index (χ2v) is 5.10. The Labute approximate surface area is 115 Å². The zero-order valence-corrected chi connectivity index (χ0v) is 11.3. The van der Waals surface area contributed by atoms with E-state index >= 15 is 0 Å². The van der Waals surface area contributed by atoms with Crippen LogP contribution < -0.4 is 5.32 Å². The molecule has 0 bridgehead atoms. The normalized spacial score (nSPS) is 10.6. The summed E-state index contributed by atoms with van der Waals surface area (Å²) in [6, 6.07) is 12.0. The Morgan fingerprint density at radius 2 is 2.11 bits per heavy atom. The standard InChI is InChI=1S/C14H13N3OS/c1-15-12-7-3-2-6-11(12)14-16-13(17-18-14)9-10-5-4-8-19-10/h2-8,15H,9H2,1H3. The molecule has 0 atom stereocenters. The summed E-state index contributed by atoms with van der Waals surface area (Å²) in [6.45, 7) is 0. The number of anilines is 1. The fourth-order valence-electron chi connectivity index (χ4n) is 1.89. The maximum absolute atomic E-state index is 5.35. The van der Waals surface area contributed by atoms with Crippen LogP contribution in [0.4, 0.5) is 5.69 Å². The number of nitrogens with zero attached hydrogens (tertiary/aromatic N) is 2. The van der Waals surface area contributed by atoms with E-state index in [0.717, 1.165) is 11.3 Å².